The molecule has 0 N–H and O–H groups in total. The normalized spacial score (nSPS) is 13.6. The maximum absolute atomic E-state index is 13.4. The molecule has 1 aliphatic heterocycles. The molecule has 2 aromatic carbocycles. The maximum atomic E-state index is 13.4. The second-order valence-electron chi connectivity index (χ2n) is 8.02. The molecule has 0 saturated carbocycles. The van der Waals surface area contributed by atoms with Crippen LogP contribution < -0.4 is 10.5 Å². The van der Waals surface area contributed by atoms with Gasteiger partial charge in [-0.2, -0.15) is 9.78 Å². The molecule has 0 aliphatic carbocycles. The zero-order valence-electron chi connectivity index (χ0n) is 19.5. The van der Waals surface area contributed by atoms with E-state index in [0.29, 0.717) is 36.8 Å². The molecule has 1 fully saturated rings. The van der Waals surface area contributed by atoms with Gasteiger partial charge in [-0.3, -0.25) is 4.79 Å². The average molecular weight is 464 g/mol. The van der Waals surface area contributed by atoms with Gasteiger partial charge in [0.1, 0.15) is 11.3 Å². The first kappa shape index (κ1) is 23.3. The third kappa shape index (κ3) is 4.74. The van der Waals surface area contributed by atoms with Crippen LogP contribution in [0.1, 0.15) is 22.8 Å². The van der Waals surface area contributed by atoms with E-state index in [1.165, 1.54) is 13.1 Å². The Labute approximate surface area is 197 Å². The number of aryl methyl sites for hydroxylation is 1. The van der Waals surface area contributed by atoms with Gasteiger partial charge in [0.2, 0.25) is 0 Å². The first-order valence-corrected chi connectivity index (χ1v) is 11.2. The fourth-order valence-electron chi connectivity index (χ4n) is 3.92. The summed E-state index contributed by atoms with van der Waals surface area (Å²) >= 11 is 0. The number of aromatic nitrogens is 2. The molecule has 9 heteroatoms. The quantitative estimate of drug-likeness (QED) is 0.409. The largest absolute Gasteiger partial charge is 0.462 e. The molecule has 0 spiro atoms. The summed E-state index contributed by atoms with van der Waals surface area (Å²) < 4.78 is 12.4. The molecule has 0 amide bonds. The van der Waals surface area contributed by atoms with Crippen molar-refractivity contribution in [2.24, 2.45) is 0 Å². The van der Waals surface area contributed by atoms with E-state index in [9.17, 15) is 14.5 Å². The summed E-state index contributed by atoms with van der Waals surface area (Å²) in [6.45, 7) is 6.30. The number of ether oxygens (including phenoxy) is 2. The summed E-state index contributed by atoms with van der Waals surface area (Å²) in [4.78, 5) is 40.6. The van der Waals surface area contributed by atoms with Crippen molar-refractivity contribution >= 4 is 17.3 Å². The van der Waals surface area contributed by atoms with Crippen molar-refractivity contribution < 1.29 is 19.0 Å². The summed E-state index contributed by atoms with van der Waals surface area (Å²) in [6, 6.07) is 14.3. The lowest BCUT2D eigenvalue weighted by atomic mass is 10.1. The van der Waals surface area contributed by atoms with Gasteiger partial charge < -0.3 is 14.4 Å². The molecule has 1 saturated heterocycles. The van der Waals surface area contributed by atoms with Crippen molar-refractivity contribution in [1.29, 1.82) is 0 Å². The van der Waals surface area contributed by atoms with Crippen molar-refractivity contribution in [3.05, 3.63) is 74.9 Å². The molecule has 9 nitrogen and oxygen atoms in total. The number of nitrogens with zero attached hydrogens (tertiary/aromatic N) is 4. The Balaban J connectivity index is 1.96. The van der Waals surface area contributed by atoms with Crippen molar-refractivity contribution in [2.45, 2.75) is 13.8 Å². The highest BCUT2D eigenvalue weighted by Gasteiger charge is 2.25. The van der Waals surface area contributed by atoms with Crippen LogP contribution in [0, 0.1) is 11.8 Å². The van der Waals surface area contributed by atoms with Gasteiger partial charge in [-0.05, 0) is 38.1 Å². The number of hydrogen-bond acceptors (Lipinski definition) is 7. The Morgan fingerprint density at radius 3 is 2.59 bits per heavy atom. The average Bonchev–Trinajstić information content (AvgIpc) is 2.84. The molecule has 4 rings (SSSR count). The van der Waals surface area contributed by atoms with E-state index >= 15 is 0 Å². The zero-order chi connectivity index (χ0) is 24.2. The number of carbonyl (C=O) groups is 1. The number of anilines is 1. The number of morpholine rings is 1. The van der Waals surface area contributed by atoms with Crippen LogP contribution in [0.15, 0.2) is 53.3 Å². The van der Waals surface area contributed by atoms with Crippen molar-refractivity contribution in [1.82, 2.24) is 9.78 Å². The molecule has 0 bridgehead atoms. The molecule has 34 heavy (non-hydrogen) atoms. The highest BCUT2D eigenvalue weighted by molar-refractivity contribution is 5.90. The number of benzene rings is 2. The van der Waals surface area contributed by atoms with Crippen LogP contribution in [-0.2, 0) is 9.47 Å². The van der Waals surface area contributed by atoms with Crippen LogP contribution >= 0.6 is 0 Å². The lowest BCUT2D eigenvalue weighted by Gasteiger charge is -2.29. The number of esters is 1. The van der Waals surface area contributed by atoms with Gasteiger partial charge >= 0.3 is 5.97 Å². The Morgan fingerprint density at radius 1 is 1.15 bits per heavy atom. The fourth-order valence-corrected chi connectivity index (χ4v) is 3.92. The third-order valence-electron chi connectivity index (χ3n) is 5.62. The Morgan fingerprint density at radius 2 is 1.91 bits per heavy atom. The molecule has 2 heterocycles. The molecule has 0 unspecified atom stereocenters. The topological polar surface area (TPSA) is 93.7 Å². The minimum absolute atomic E-state index is 0.126. The van der Waals surface area contributed by atoms with E-state index in [1.807, 2.05) is 37.3 Å². The summed E-state index contributed by atoms with van der Waals surface area (Å²) in [5.41, 5.74) is 2.72. The van der Waals surface area contributed by atoms with Crippen LogP contribution in [0.25, 0.3) is 16.9 Å². The van der Waals surface area contributed by atoms with Crippen LogP contribution in [0.5, 0.6) is 0 Å². The summed E-state index contributed by atoms with van der Waals surface area (Å²) in [7, 11) is 1.36. The van der Waals surface area contributed by atoms with Gasteiger partial charge in [-0.1, -0.05) is 23.8 Å². The van der Waals surface area contributed by atoms with Crippen LogP contribution in [0.2, 0.25) is 0 Å². The second kappa shape index (κ2) is 9.96. The zero-order valence-corrected chi connectivity index (χ0v) is 19.5. The van der Waals surface area contributed by atoms with E-state index in [2.05, 4.69) is 10.00 Å². The lowest BCUT2D eigenvalue weighted by molar-refractivity contribution is -0.428. The van der Waals surface area contributed by atoms with Crippen LogP contribution in [0.4, 0.5) is 11.4 Å². The minimum Gasteiger partial charge on any atom is -0.462 e. The first-order chi connectivity index (χ1) is 16.4. The van der Waals surface area contributed by atoms with E-state index < -0.39 is 11.5 Å². The first-order valence-electron chi connectivity index (χ1n) is 11.2. The van der Waals surface area contributed by atoms with Crippen molar-refractivity contribution in [2.75, 3.05) is 44.9 Å². The SMILES string of the molecule is CCOC(=O)c1cc(-c2cccc(C)c2)nn(-c2cc(N3CCOCC3)ccc2[N+](C)=O)c1=O. The summed E-state index contributed by atoms with van der Waals surface area (Å²) in [5, 5.41) is 4.57. The highest BCUT2D eigenvalue weighted by Crippen LogP contribution is 2.28. The van der Waals surface area contributed by atoms with Gasteiger partial charge in [-0.25, -0.2) is 4.79 Å². The molecule has 3 aromatic rings. The molecule has 0 atom stereocenters. The number of carbonyl (C=O) groups excluding carboxylic acids is 1. The Kier molecular flexibility index (Phi) is 6.83. The maximum Gasteiger partial charge on any atom is 0.343 e. The van der Waals surface area contributed by atoms with E-state index in [0.717, 1.165) is 21.5 Å². The smallest absolute Gasteiger partial charge is 0.343 e. The number of hydrogen-bond donors (Lipinski definition) is 0. The van der Waals surface area contributed by atoms with Gasteiger partial charge in [-0.15, -0.1) is 0 Å². The molecule has 0 radical (unpaired) electrons. The summed E-state index contributed by atoms with van der Waals surface area (Å²) in [5.74, 6) is -0.737. The molecular formula is C25H27N4O5+. The van der Waals surface area contributed by atoms with Crippen LogP contribution in [-0.4, -0.2) is 60.5 Å². The van der Waals surface area contributed by atoms with E-state index in [-0.39, 0.29) is 23.5 Å². The monoisotopic (exact) mass is 463 g/mol. The second-order valence-corrected chi connectivity index (χ2v) is 8.02. The van der Waals surface area contributed by atoms with Gasteiger partial charge in [0, 0.05) is 40.1 Å². The Hall–Kier alpha value is -3.85. The minimum atomic E-state index is -0.737. The predicted octanol–water partition coefficient (Wildman–Crippen LogP) is 3.26. The molecule has 1 aliphatic rings. The Bertz CT molecular complexity index is 1290. The van der Waals surface area contributed by atoms with E-state index in [1.54, 1.807) is 19.1 Å². The lowest BCUT2D eigenvalue weighted by Crippen LogP contribution is -2.36. The van der Waals surface area contributed by atoms with Crippen molar-refractivity contribution in [3.8, 4) is 16.9 Å². The standard InChI is InChI=1S/C25H27N4O5/c1-4-34-25(31)20-16-21(18-7-5-6-17(2)14-18)26-29(24(20)30)23-15-19(8-9-22(23)27(3)32)28-10-12-33-13-11-28/h5-9,14-16H,4,10-13H2,1-3H3/q+1. The predicted molar refractivity (Wildman–Crippen MR) is 128 cm³/mol. The number of nitroso groups, excluding NO2 is 1. The highest BCUT2D eigenvalue weighted by atomic mass is 16.5. The third-order valence-corrected chi connectivity index (χ3v) is 5.62. The van der Waals surface area contributed by atoms with Crippen LogP contribution in [0.3, 0.4) is 0 Å². The molecular weight excluding hydrogens is 436 g/mol. The van der Waals surface area contributed by atoms with E-state index in [4.69, 9.17) is 9.47 Å². The summed E-state index contributed by atoms with van der Waals surface area (Å²) in [6.07, 6.45) is 0. The van der Waals surface area contributed by atoms with Gasteiger partial charge in [0.25, 0.3) is 11.2 Å². The molecule has 176 valence electrons. The number of rotatable bonds is 6. The van der Waals surface area contributed by atoms with Gasteiger partial charge in [0.05, 0.1) is 25.5 Å². The fraction of sp³-hybridized carbons (Fsp3) is 0.320. The van der Waals surface area contributed by atoms with Gasteiger partial charge in [0.15, 0.2) is 7.05 Å². The van der Waals surface area contributed by atoms with Crippen molar-refractivity contribution in [3.63, 3.8) is 0 Å². The molecule has 1 aromatic heterocycles.